The summed E-state index contributed by atoms with van der Waals surface area (Å²) in [5.41, 5.74) is 0.165. The number of nitrogens with one attached hydrogen (secondary N) is 1. The Morgan fingerprint density at radius 1 is 0.892 bits per heavy atom. The van der Waals surface area contributed by atoms with Gasteiger partial charge in [-0.1, -0.05) is 0 Å². The van der Waals surface area contributed by atoms with Gasteiger partial charge in [-0.15, -0.1) is 11.3 Å². The third kappa shape index (κ3) is 5.58. The van der Waals surface area contributed by atoms with Crippen LogP contribution < -0.4 is 10.1 Å². The third-order valence-corrected chi connectivity index (χ3v) is 5.92. The van der Waals surface area contributed by atoms with E-state index >= 15 is 0 Å². The molecule has 0 saturated carbocycles. The Kier molecular flexibility index (Phi) is 8.53. The van der Waals surface area contributed by atoms with Crippen molar-refractivity contribution in [2.75, 3.05) is 18.5 Å². The van der Waals surface area contributed by atoms with Gasteiger partial charge in [-0.2, -0.15) is 8.78 Å². The molecule has 0 atom stereocenters. The van der Waals surface area contributed by atoms with Crippen LogP contribution in [0, 0.1) is 36.0 Å². The lowest BCUT2D eigenvalue weighted by molar-refractivity contribution is 0.0527. The molecule has 1 amide bonds. The highest BCUT2D eigenvalue weighted by atomic mass is 32.1. The van der Waals surface area contributed by atoms with Crippen LogP contribution in [0.5, 0.6) is 5.75 Å². The van der Waals surface area contributed by atoms with E-state index in [1.54, 1.807) is 13.8 Å². The average Bonchev–Trinajstić information content (AvgIpc) is 3.46. The number of esters is 2. The summed E-state index contributed by atoms with van der Waals surface area (Å²) in [6, 6.07) is 2.31. The van der Waals surface area contributed by atoms with Crippen molar-refractivity contribution < 1.29 is 55.0 Å². The quantitative estimate of drug-likeness (QED) is 0.163. The highest BCUT2D eigenvalue weighted by molar-refractivity contribution is 7.18. The molecule has 0 aliphatic carbocycles. The zero-order valence-corrected chi connectivity index (χ0v) is 20.2. The van der Waals surface area contributed by atoms with Gasteiger partial charge in [0, 0.05) is 0 Å². The monoisotopic (exact) mass is 547 g/mol. The summed E-state index contributed by atoms with van der Waals surface area (Å²) in [5, 5.41) is 2.40. The maximum atomic E-state index is 13.8. The molecular weight excluding hydrogens is 529 g/mol. The topological polar surface area (TPSA) is 104 Å². The van der Waals surface area contributed by atoms with Crippen molar-refractivity contribution in [1.82, 2.24) is 0 Å². The minimum atomic E-state index is -2.34. The van der Waals surface area contributed by atoms with E-state index in [1.807, 2.05) is 0 Å². The molecule has 0 radical (unpaired) electrons. The van der Waals surface area contributed by atoms with Crippen LogP contribution in [0.3, 0.4) is 0 Å². The van der Waals surface area contributed by atoms with Gasteiger partial charge >= 0.3 is 11.9 Å². The average molecular weight is 547 g/mol. The molecule has 0 unspecified atom stereocenters. The molecule has 2 aromatic heterocycles. The Morgan fingerprint density at radius 3 is 2.05 bits per heavy atom. The van der Waals surface area contributed by atoms with E-state index in [0.29, 0.717) is 0 Å². The van der Waals surface area contributed by atoms with Crippen LogP contribution in [0.2, 0.25) is 0 Å². The molecule has 0 spiro atoms. The van der Waals surface area contributed by atoms with Crippen LogP contribution in [0.4, 0.5) is 27.0 Å². The second-order valence-electron chi connectivity index (χ2n) is 7.11. The van der Waals surface area contributed by atoms with Gasteiger partial charge in [0.15, 0.2) is 11.5 Å². The Labute approximate surface area is 209 Å². The van der Waals surface area contributed by atoms with Crippen molar-refractivity contribution in [2.24, 2.45) is 0 Å². The fourth-order valence-electron chi connectivity index (χ4n) is 3.04. The Bertz CT molecular complexity index is 1340. The number of thiophene rings is 1. The summed E-state index contributed by atoms with van der Waals surface area (Å²) in [7, 11) is 0. The van der Waals surface area contributed by atoms with Crippen molar-refractivity contribution in [3.8, 4) is 5.75 Å². The number of hydrogen-bond acceptors (Lipinski definition) is 8. The van der Waals surface area contributed by atoms with E-state index in [9.17, 15) is 36.3 Å². The van der Waals surface area contributed by atoms with Gasteiger partial charge in [0.05, 0.1) is 18.8 Å². The lowest BCUT2D eigenvalue weighted by atomic mass is 10.1. The maximum absolute atomic E-state index is 13.8. The molecule has 37 heavy (non-hydrogen) atoms. The summed E-state index contributed by atoms with van der Waals surface area (Å²) < 4.78 is 87.2. The van der Waals surface area contributed by atoms with Crippen LogP contribution in [0.25, 0.3) is 0 Å². The Hall–Kier alpha value is -3.94. The SMILES string of the molecule is CCOC(=O)c1sc(NC(=O)c2ccc(COc3c(F)c(F)c(F)c(F)c3F)o2)c(C(=O)OCC)c1C. The summed E-state index contributed by atoms with van der Waals surface area (Å²) in [6.07, 6.45) is 0. The number of furan rings is 1. The van der Waals surface area contributed by atoms with Gasteiger partial charge in [-0.05, 0) is 38.5 Å². The van der Waals surface area contributed by atoms with Crippen molar-refractivity contribution in [3.05, 3.63) is 68.7 Å². The van der Waals surface area contributed by atoms with Crippen molar-refractivity contribution in [2.45, 2.75) is 27.4 Å². The highest BCUT2D eigenvalue weighted by Crippen LogP contribution is 2.35. The number of carbonyl (C=O) groups excluding carboxylic acids is 3. The van der Waals surface area contributed by atoms with E-state index in [1.165, 1.54) is 6.92 Å². The Morgan fingerprint density at radius 2 is 1.46 bits per heavy atom. The lowest BCUT2D eigenvalue weighted by Gasteiger charge is -2.09. The summed E-state index contributed by atoms with van der Waals surface area (Å²) in [5.74, 6) is -15.5. The number of hydrogen-bond donors (Lipinski definition) is 1. The fraction of sp³-hybridized carbons (Fsp3) is 0.261. The van der Waals surface area contributed by atoms with Crippen molar-refractivity contribution in [3.63, 3.8) is 0 Å². The number of rotatable bonds is 9. The molecule has 1 N–H and O–H groups in total. The van der Waals surface area contributed by atoms with Gasteiger partial charge < -0.3 is 23.9 Å². The Balaban J connectivity index is 1.81. The standard InChI is InChI=1S/C23H18F5NO7S/c1-4-33-22(31)12-9(3)19(23(32)34-5-2)37-21(12)29-20(30)11-7-6-10(36-11)8-35-18-16(27)14(25)13(24)15(26)17(18)28/h6-7H,4-5,8H2,1-3H3,(H,29,30). The fourth-order valence-corrected chi connectivity index (χ4v) is 4.12. The van der Waals surface area contributed by atoms with Crippen LogP contribution in [0.1, 0.15) is 55.8 Å². The van der Waals surface area contributed by atoms with Gasteiger partial charge in [0.2, 0.25) is 29.1 Å². The number of benzene rings is 1. The smallest absolute Gasteiger partial charge is 0.348 e. The summed E-state index contributed by atoms with van der Waals surface area (Å²) in [6.45, 7) is 3.97. The van der Waals surface area contributed by atoms with Gasteiger partial charge in [-0.25, -0.2) is 22.8 Å². The first kappa shape index (κ1) is 27.6. The molecule has 198 valence electrons. The molecule has 14 heteroatoms. The van der Waals surface area contributed by atoms with Crippen LogP contribution >= 0.6 is 11.3 Å². The maximum Gasteiger partial charge on any atom is 0.348 e. The molecule has 0 saturated heterocycles. The third-order valence-electron chi connectivity index (χ3n) is 4.73. The van der Waals surface area contributed by atoms with Gasteiger partial charge in [-0.3, -0.25) is 4.79 Å². The molecule has 0 aliphatic heterocycles. The first-order valence-corrected chi connectivity index (χ1v) is 11.3. The van der Waals surface area contributed by atoms with E-state index in [4.69, 9.17) is 18.6 Å². The minimum absolute atomic E-state index is 0.0281. The molecule has 0 bridgehead atoms. The first-order chi connectivity index (χ1) is 17.5. The van der Waals surface area contributed by atoms with E-state index in [2.05, 4.69) is 5.32 Å². The molecule has 0 aliphatic rings. The summed E-state index contributed by atoms with van der Waals surface area (Å²) >= 11 is 0.774. The lowest BCUT2D eigenvalue weighted by Crippen LogP contribution is -2.14. The van der Waals surface area contributed by atoms with Gasteiger partial charge in [0.1, 0.15) is 22.2 Å². The molecular formula is C23H18F5NO7S. The normalized spacial score (nSPS) is 10.8. The van der Waals surface area contributed by atoms with E-state index in [-0.39, 0.29) is 45.7 Å². The zero-order valence-electron chi connectivity index (χ0n) is 19.4. The molecule has 2 heterocycles. The number of halogens is 5. The number of carbonyl (C=O) groups is 3. The molecule has 3 aromatic rings. The second kappa shape index (κ2) is 11.4. The molecule has 3 rings (SSSR count). The number of ether oxygens (including phenoxy) is 3. The van der Waals surface area contributed by atoms with Crippen LogP contribution in [-0.2, 0) is 16.1 Å². The first-order valence-electron chi connectivity index (χ1n) is 10.5. The van der Waals surface area contributed by atoms with Gasteiger partial charge in [0.25, 0.3) is 5.91 Å². The van der Waals surface area contributed by atoms with E-state index < -0.39 is 59.3 Å². The zero-order chi connectivity index (χ0) is 27.4. The predicted octanol–water partition coefficient (Wildman–Crippen LogP) is 5.53. The van der Waals surface area contributed by atoms with Crippen LogP contribution in [-0.4, -0.2) is 31.1 Å². The highest BCUT2D eigenvalue weighted by Gasteiger charge is 2.29. The number of anilines is 1. The van der Waals surface area contributed by atoms with Crippen LogP contribution in [0.15, 0.2) is 16.5 Å². The minimum Gasteiger partial charge on any atom is -0.479 e. The second-order valence-corrected chi connectivity index (χ2v) is 8.13. The predicted molar refractivity (Wildman–Crippen MR) is 118 cm³/mol. The summed E-state index contributed by atoms with van der Waals surface area (Å²) in [4.78, 5) is 37.5. The molecule has 1 aromatic carbocycles. The molecule has 0 fully saturated rings. The van der Waals surface area contributed by atoms with Crippen molar-refractivity contribution >= 4 is 34.2 Å². The van der Waals surface area contributed by atoms with E-state index in [0.717, 1.165) is 23.5 Å². The number of amides is 1. The molecule has 8 nitrogen and oxygen atoms in total. The van der Waals surface area contributed by atoms with Crippen molar-refractivity contribution in [1.29, 1.82) is 0 Å². The largest absolute Gasteiger partial charge is 0.479 e.